The number of hydrogen-bond acceptors (Lipinski definition) is 4. The summed E-state index contributed by atoms with van der Waals surface area (Å²) < 4.78 is 21.0. The van der Waals surface area contributed by atoms with E-state index in [1.807, 2.05) is 13.8 Å². The van der Waals surface area contributed by atoms with E-state index in [1.165, 1.54) is 12.8 Å². The summed E-state index contributed by atoms with van der Waals surface area (Å²) in [6.45, 7) is 10.4. The first-order chi connectivity index (χ1) is 12.0. The normalized spacial score (nSPS) is 13.3. The highest BCUT2D eigenvalue weighted by atomic mass is 31.2. The van der Waals surface area contributed by atoms with Gasteiger partial charge in [-0.3, -0.25) is 4.52 Å². The summed E-state index contributed by atoms with van der Waals surface area (Å²) in [7, 11) is -4.38. The Bertz CT molecular complexity index is 391. The van der Waals surface area contributed by atoms with Gasteiger partial charge in [0.25, 0.3) is 0 Å². The molecule has 0 radical (unpaired) electrons. The molecule has 0 aliphatic carbocycles. The van der Waals surface area contributed by atoms with Gasteiger partial charge in [0.2, 0.25) is 0 Å². The molecule has 0 spiro atoms. The number of phosphoric ester groups is 1. The SMILES string of the molecule is CC(C)(CCCCO)CCCCOCCCCC(C)(C)COP(=O)(O)O. The zero-order valence-electron chi connectivity index (χ0n) is 17.2. The Morgan fingerprint density at radius 1 is 0.769 bits per heavy atom. The highest BCUT2D eigenvalue weighted by Crippen LogP contribution is 2.39. The van der Waals surface area contributed by atoms with Crippen molar-refractivity contribution in [3.05, 3.63) is 0 Å². The first kappa shape index (κ1) is 26.0. The maximum absolute atomic E-state index is 10.7. The van der Waals surface area contributed by atoms with Crippen LogP contribution in [0.4, 0.5) is 0 Å². The maximum Gasteiger partial charge on any atom is 0.469 e. The van der Waals surface area contributed by atoms with E-state index in [0.29, 0.717) is 5.41 Å². The van der Waals surface area contributed by atoms with Gasteiger partial charge in [0.1, 0.15) is 0 Å². The smallest absolute Gasteiger partial charge is 0.396 e. The molecule has 0 heterocycles. The molecule has 6 nitrogen and oxygen atoms in total. The highest BCUT2D eigenvalue weighted by molar-refractivity contribution is 7.46. The lowest BCUT2D eigenvalue weighted by atomic mass is 9.82. The molecule has 0 aromatic rings. The quantitative estimate of drug-likeness (QED) is 0.244. The van der Waals surface area contributed by atoms with Crippen molar-refractivity contribution in [2.45, 2.75) is 85.5 Å². The van der Waals surface area contributed by atoms with Gasteiger partial charge in [-0.15, -0.1) is 0 Å². The van der Waals surface area contributed by atoms with Crippen molar-refractivity contribution in [3.63, 3.8) is 0 Å². The van der Waals surface area contributed by atoms with Crippen LogP contribution in [0.5, 0.6) is 0 Å². The minimum absolute atomic E-state index is 0.0617. The third-order valence-corrected chi connectivity index (χ3v) is 5.14. The second kappa shape index (κ2) is 13.2. The fraction of sp³-hybridized carbons (Fsp3) is 1.00. The first-order valence-electron chi connectivity index (χ1n) is 9.86. The second-order valence-corrected chi connectivity index (χ2v) is 10.0. The summed E-state index contributed by atoms with van der Waals surface area (Å²) in [4.78, 5) is 17.5. The number of phosphoric acid groups is 1. The van der Waals surface area contributed by atoms with E-state index < -0.39 is 7.82 Å². The van der Waals surface area contributed by atoms with Crippen LogP contribution in [0.3, 0.4) is 0 Å². The van der Waals surface area contributed by atoms with Gasteiger partial charge in [0.05, 0.1) is 6.61 Å². The molecule has 0 aromatic heterocycles. The van der Waals surface area contributed by atoms with Crippen molar-refractivity contribution in [3.8, 4) is 0 Å². The second-order valence-electron chi connectivity index (χ2n) is 8.80. The van der Waals surface area contributed by atoms with E-state index in [1.54, 1.807) is 0 Å². The summed E-state index contributed by atoms with van der Waals surface area (Å²) in [5.41, 5.74) is 0.0959. The molecule has 7 heteroatoms. The van der Waals surface area contributed by atoms with Gasteiger partial charge < -0.3 is 19.6 Å². The molecule has 0 saturated carbocycles. The van der Waals surface area contributed by atoms with Gasteiger partial charge in [-0.2, -0.15) is 0 Å². The number of hydrogen-bond donors (Lipinski definition) is 3. The van der Waals surface area contributed by atoms with Crippen molar-refractivity contribution in [2.24, 2.45) is 10.8 Å². The van der Waals surface area contributed by atoms with Gasteiger partial charge in [0.15, 0.2) is 0 Å². The van der Waals surface area contributed by atoms with Crippen LogP contribution in [-0.2, 0) is 13.8 Å². The average Bonchev–Trinajstić information content (AvgIpc) is 2.51. The molecular formula is C19H41O6P. The number of rotatable bonds is 17. The first-order valence-corrected chi connectivity index (χ1v) is 11.4. The monoisotopic (exact) mass is 396 g/mol. The van der Waals surface area contributed by atoms with Crippen LogP contribution in [0.25, 0.3) is 0 Å². The Morgan fingerprint density at radius 2 is 1.23 bits per heavy atom. The average molecular weight is 397 g/mol. The summed E-state index contributed by atoms with van der Waals surface area (Å²) in [5, 5.41) is 8.85. The largest absolute Gasteiger partial charge is 0.469 e. The highest BCUT2D eigenvalue weighted by Gasteiger charge is 2.23. The van der Waals surface area contributed by atoms with E-state index in [-0.39, 0.29) is 18.6 Å². The molecule has 0 aliphatic heterocycles. The zero-order valence-corrected chi connectivity index (χ0v) is 18.1. The van der Waals surface area contributed by atoms with Gasteiger partial charge in [-0.1, -0.05) is 47.0 Å². The lowest BCUT2D eigenvalue weighted by Gasteiger charge is -2.24. The molecule has 158 valence electrons. The lowest BCUT2D eigenvalue weighted by Crippen LogP contribution is -2.18. The van der Waals surface area contributed by atoms with Crippen molar-refractivity contribution in [2.75, 3.05) is 26.4 Å². The molecule has 0 aliphatic rings. The summed E-state index contributed by atoms with van der Waals surface area (Å²) in [5.74, 6) is 0. The summed E-state index contributed by atoms with van der Waals surface area (Å²) in [6, 6.07) is 0. The molecule has 0 fully saturated rings. The molecule has 0 amide bonds. The standard InChI is InChI=1S/C19H41O6P/c1-18(2,11-5-8-14-20)12-6-9-15-24-16-10-7-13-19(3,4)17-25-26(21,22)23/h20H,5-17H2,1-4H3,(H2,21,22,23). The van der Waals surface area contributed by atoms with Crippen LogP contribution in [0.1, 0.15) is 85.5 Å². The zero-order chi connectivity index (χ0) is 20.1. The fourth-order valence-electron chi connectivity index (χ4n) is 2.89. The van der Waals surface area contributed by atoms with Crippen LogP contribution in [-0.4, -0.2) is 41.3 Å². The van der Waals surface area contributed by atoms with E-state index in [4.69, 9.17) is 19.6 Å². The Labute approximate surface area is 159 Å². The van der Waals surface area contributed by atoms with Gasteiger partial charge in [-0.05, 0) is 49.4 Å². The van der Waals surface area contributed by atoms with Crippen molar-refractivity contribution < 1.29 is 28.7 Å². The molecule has 0 aromatic carbocycles. The van der Waals surface area contributed by atoms with E-state index in [2.05, 4.69) is 18.4 Å². The Morgan fingerprint density at radius 3 is 1.69 bits per heavy atom. The van der Waals surface area contributed by atoms with Crippen LogP contribution in [0.15, 0.2) is 0 Å². The van der Waals surface area contributed by atoms with E-state index in [0.717, 1.165) is 58.2 Å². The Kier molecular flexibility index (Phi) is 13.3. The predicted octanol–water partition coefficient (Wildman–Crippen LogP) is 4.67. The molecular weight excluding hydrogens is 355 g/mol. The van der Waals surface area contributed by atoms with E-state index in [9.17, 15) is 4.57 Å². The maximum atomic E-state index is 10.7. The third-order valence-electron chi connectivity index (χ3n) is 4.67. The van der Waals surface area contributed by atoms with Crippen LogP contribution >= 0.6 is 7.82 Å². The lowest BCUT2D eigenvalue weighted by molar-refractivity contribution is 0.105. The minimum atomic E-state index is -4.38. The molecule has 0 atom stereocenters. The van der Waals surface area contributed by atoms with Crippen molar-refractivity contribution >= 4 is 7.82 Å². The van der Waals surface area contributed by atoms with Crippen LogP contribution in [0.2, 0.25) is 0 Å². The predicted molar refractivity (Wildman–Crippen MR) is 105 cm³/mol. The van der Waals surface area contributed by atoms with Crippen LogP contribution in [0, 0.1) is 10.8 Å². The van der Waals surface area contributed by atoms with Crippen molar-refractivity contribution in [1.29, 1.82) is 0 Å². The topological polar surface area (TPSA) is 96.2 Å². The van der Waals surface area contributed by atoms with Crippen LogP contribution < -0.4 is 0 Å². The number of unbranched alkanes of at least 4 members (excludes halogenated alkanes) is 3. The molecule has 0 saturated heterocycles. The third kappa shape index (κ3) is 17.4. The molecule has 26 heavy (non-hydrogen) atoms. The molecule has 0 rings (SSSR count). The fourth-order valence-corrected chi connectivity index (χ4v) is 3.41. The Hall–Kier alpha value is 0.0300. The molecule has 0 unspecified atom stereocenters. The number of aliphatic hydroxyl groups is 1. The number of aliphatic hydroxyl groups excluding tert-OH is 1. The Balaban J connectivity index is 3.57. The summed E-state index contributed by atoms with van der Waals surface area (Å²) >= 11 is 0. The summed E-state index contributed by atoms with van der Waals surface area (Å²) in [6.07, 6.45) is 9.33. The van der Waals surface area contributed by atoms with Gasteiger partial charge in [0, 0.05) is 19.8 Å². The number of ether oxygens (including phenoxy) is 1. The van der Waals surface area contributed by atoms with E-state index >= 15 is 0 Å². The molecule has 0 bridgehead atoms. The van der Waals surface area contributed by atoms with Gasteiger partial charge >= 0.3 is 7.82 Å². The minimum Gasteiger partial charge on any atom is -0.396 e. The molecule has 3 N–H and O–H groups in total. The van der Waals surface area contributed by atoms with Crippen molar-refractivity contribution in [1.82, 2.24) is 0 Å². The van der Waals surface area contributed by atoms with Gasteiger partial charge in [-0.25, -0.2) is 4.57 Å².